The molecule has 0 atom stereocenters. The largest absolute Gasteiger partial charge is 0.361 e. The third kappa shape index (κ3) is 2.13. The average molecular weight is 241 g/mol. The standard InChI is InChI=1S/C12H11N5O/c1-9-7-11(15-18-9)8-17-14-12(13-16-17)10-5-3-2-4-6-10/h2-7H,8H2,1H3. The molecule has 0 radical (unpaired) electrons. The Balaban J connectivity index is 1.82. The van der Waals surface area contributed by atoms with Gasteiger partial charge in [-0.3, -0.25) is 0 Å². The normalized spacial score (nSPS) is 10.7. The summed E-state index contributed by atoms with van der Waals surface area (Å²) in [5, 5.41) is 16.2. The predicted octanol–water partition coefficient (Wildman–Crippen LogP) is 1.68. The maximum absolute atomic E-state index is 4.99. The first-order chi connectivity index (χ1) is 8.81. The van der Waals surface area contributed by atoms with E-state index in [1.165, 1.54) is 4.80 Å². The predicted molar refractivity (Wildman–Crippen MR) is 63.6 cm³/mol. The van der Waals surface area contributed by atoms with E-state index in [4.69, 9.17) is 4.52 Å². The summed E-state index contributed by atoms with van der Waals surface area (Å²) in [6, 6.07) is 11.6. The lowest BCUT2D eigenvalue weighted by atomic mass is 10.2. The van der Waals surface area contributed by atoms with E-state index < -0.39 is 0 Å². The van der Waals surface area contributed by atoms with Crippen LogP contribution in [0, 0.1) is 6.92 Å². The number of benzene rings is 1. The first kappa shape index (κ1) is 10.6. The zero-order chi connectivity index (χ0) is 12.4. The van der Waals surface area contributed by atoms with E-state index in [0.29, 0.717) is 12.4 Å². The lowest BCUT2D eigenvalue weighted by Crippen LogP contribution is -2.04. The smallest absolute Gasteiger partial charge is 0.204 e. The minimum Gasteiger partial charge on any atom is -0.361 e. The van der Waals surface area contributed by atoms with Gasteiger partial charge in [0.2, 0.25) is 5.82 Å². The zero-order valence-electron chi connectivity index (χ0n) is 9.82. The molecule has 0 N–H and O–H groups in total. The van der Waals surface area contributed by atoms with Gasteiger partial charge < -0.3 is 4.52 Å². The molecular weight excluding hydrogens is 230 g/mol. The van der Waals surface area contributed by atoms with Crippen molar-refractivity contribution in [1.29, 1.82) is 0 Å². The molecule has 2 aromatic heterocycles. The Morgan fingerprint density at radius 2 is 2.06 bits per heavy atom. The molecule has 2 heterocycles. The minimum atomic E-state index is 0.456. The molecule has 0 saturated carbocycles. The lowest BCUT2D eigenvalue weighted by molar-refractivity contribution is 0.385. The lowest BCUT2D eigenvalue weighted by Gasteiger charge is -1.93. The van der Waals surface area contributed by atoms with Gasteiger partial charge in [0.25, 0.3) is 0 Å². The number of aryl methyl sites for hydroxylation is 1. The number of tetrazole rings is 1. The molecule has 0 saturated heterocycles. The van der Waals surface area contributed by atoms with Crippen molar-refractivity contribution in [3.05, 3.63) is 47.9 Å². The van der Waals surface area contributed by atoms with Crippen LogP contribution >= 0.6 is 0 Å². The summed E-state index contributed by atoms with van der Waals surface area (Å²) in [6.07, 6.45) is 0. The van der Waals surface area contributed by atoms with E-state index in [2.05, 4.69) is 20.6 Å². The van der Waals surface area contributed by atoms with Crippen LogP contribution in [0.2, 0.25) is 0 Å². The Kier molecular flexibility index (Phi) is 2.60. The fourth-order valence-electron chi connectivity index (χ4n) is 1.65. The highest BCUT2D eigenvalue weighted by Crippen LogP contribution is 2.12. The van der Waals surface area contributed by atoms with E-state index in [1.54, 1.807) is 0 Å². The van der Waals surface area contributed by atoms with Gasteiger partial charge in [0.05, 0.1) is 0 Å². The average Bonchev–Trinajstić information content (AvgIpc) is 3.01. The van der Waals surface area contributed by atoms with Crippen LogP contribution in [-0.4, -0.2) is 25.4 Å². The van der Waals surface area contributed by atoms with Crippen LogP contribution in [0.15, 0.2) is 40.9 Å². The molecule has 6 nitrogen and oxygen atoms in total. The monoisotopic (exact) mass is 241 g/mol. The number of hydrogen-bond acceptors (Lipinski definition) is 5. The molecule has 0 fully saturated rings. The number of rotatable bonds is 3. The summed E-state index contributed by atoms with van der Waals surface area (Å²) in [5.41, 5.74) is 1.73. The van der Waals surface area contributed by atoms with Gasteiger partial charge in [0.1, 0.15) is 18.0 Å². The van der Waals surface area contributed by atoms with Crippen molar-refractivity contribution in [3.63, 3.8) is 0 Å². The van der Waals surface area contributed by atoms with Crippen LogP contribution in [0.25, 0.3) is 11.4 Å². The highest BCUT2D eigenvalue weighted by Gasteiger charge is 2.07. The molecule has 3 aromatic rings. The van der Waals surface area contributed by atoms with E-state index in [1.807, 2.05) is 43.3 Å². The van der Waals surface area contributed by atoms with E-state index in [-0.39, 0.29) is 0 Å². The molecule has 1 aromatic carbocycles. The van der Waals surface area contributed by atoms with Crippen LogP contribution in [0.1, 0.15) is 11.5 Å². The summed E-state index contributed by atoms with van der Waals surface area (Å²) in [6.45, 7) is 2.30. The maximum Gasteiger partial charge on any atom is 0.204 e. The first-order valence-corrected chi connectivity index (χ1v) is 5.57. The zero-order valence-corrected chi connectivity index (χ0v) is 9.82. The van der Waals surface area contributed by atoms with Gasteiger partial charge in [0, 0.05) is 11.6 Å². The van der Waals surface area contributed by atoms with Crippen molar-refractivity contribution in [2.24, 2.45) is 0 Å². The van der Waals surface area contributed by atoms with Crippen LogP contribution in [-0.2, 0) is 6.54 Å². The van der Waals surface area contributed by atoms with Gasteiger partial charge in [-0.2, -0.15) is 4.80 Å². The SMILES string of the molecule is Cc1cc(Cn2nnc(-c3ccccc3)n2)no1. The Labute approximate surface area is 103 Å². The topological polar surface area (TPSA) is 69.6 Å². The second kappa shape index (κ2) is 4.40. The Morgan fingerprint density at radius 1 is 1.22 bits per heavy atom. The second-order valence-electron chi connectivity index (χ2n) is 3.94. The van der Waals surface area contributed by atoms with Gasteiger partial charge >= 0.3 is 0 Å². The molecule has 0 aliphatic heterocycles. The fraction of sp³-hybridized carbons (Fsp3) is 0.167. The van der Waals surface area contributed by atoms with Crippen molar-refractivity contribution >= 4 is 0 Å². The Morgan fingerprint density at radius 3 is 2.78 bits per heavy atom. The van der Waals surface area contributed by atoms with E-state index in [9.17, 15) is 0 Å². The second-order valence-corrected chi connectivity index (χ2v) is 3.94. The molecule has 0 aliphatic rings. The first-order valence-electron chi connectivity index (χ1n) is 5.57. The van der Waals surface area contributed by atoms with Crippen molar-refractivity contribution in [2.75, 3.05) is 0 Å². The van der Waals surface area contributed by atoms with Crippen molar-refractivity contribution in [1.82, 2.24) is 25.4 Å². The summed E-state index contributed by atoms with van der Waals surface area (Å²) >= 11 is 0. The van der Waals surface area contributed by atoms with E-state index in [0.717, 1.165) is 17.0 Å². The summed E-state index contributed by atoms with van der Waals surface area (Å²) < 4.78 is 4.99. The molecule has 0 bridgehead atoms. The summed E-state index contributed by atoms with van der Waals surface area (Å²) in [7, 11) is 0. The Bertz CT molecular complexity index is 643. The molecular formula is C12H11N5O. The molecule has 0 unspecified atom stereocenters. The molecule has 0 aliphatic carbocycles. The third-order valence-corrected chi connectivity index (χ3v) is 2.47. The van der Waals surface area contributed by atoms with E-state index >= 15 is 0 Å². The quantitative estimate of drug-likeness (QED) is 0.697. The van der Waals surface area contributed by atoms with Crippen LogP contribution < -0.4 is 0 Å². The number of aromatic nitrogens is 5. The number of hydrogen-bond donors (Lipinski definition) is 0. The van der Waals surface area contributed by atoms with Crippen LogP contribution in [0.3, 0.4) is 0 Å². The minimum absolute atomic E-state index is 0.456. The van der Waals surface area contributed by atoms with Gasteiger partial charge in [-0.1, -0.05) is 35.5 Å². The molecule has 0 amide bonds. The summed E-state index contributed by atoms with van der Waals surface area (Å²) in [5.74, 6) is 1.38. The molecule has 18 heavy (non-hydrogen) atoms. The van der Waals surface area contributed by atoms with Crippen molar-refractivity contribution < 1.29 is 4.52 Å². The van der Waals surface area contributed by atoms with Crippen LogP contribution in [0.5, 0.6) is 0 Å². The van der Waals surface area contributed by atoms with Crippen LogP contribution in [0.4, 0.5) is 0 Å². The van der Waals surface area contributed by atoms with Gasteiger partial charge in [-0.05, 0) is 12.1 Å². The van der Waals surface area contributed by atoms with Crippen molar-refractivity contribution in [3.8, 4) is 11.4 Å². The maximum atomic E-state index is 4.99. The Hall–Kier alpha value is -2.50. The van der Waals surface area contributed by atoms with Crippen molar-refractivity contribution in [2.45, 2.75) is 13.5 Å². The highest BCUT2D eigenvalue weighted by atomic mass is 16.5. The van der Waals surface area contributed by atoms with Gasteiger partial charge in [-0.15, -0.1) is 10.2 Å². The van der Waals surface area contributed by atoms with Gasteiger partial charge in [0.15, 0.2) is 0 Å². The molecule has 90 valence electrons. The third-order valence-electron chi connectivity index (χ3n) is 2.47. The van der Waals surface area contributed by atoms with Gasteiger partial charge in [-0.25, -0.2) is 0 Å². The highest BCUT2D eigenvalue weighted by molar-refractivity contribution is 5.52. The summed E-state index contributed by atoms with van der Waals surface area (Å²) in [4.78, 5) is 1.50. The fourth-order valence-corrected chi connectivity index (χ4v) is 1.65. The molecule has 3 rings (SSSR count). The number of nitrogens with zero attached hydrogens (tertiary/aromatic N) is 5. The molecule has 0 spiro atoms. The molecule has 6 heteroatoms.